The van der Waals surface area contributed by atoms with Gasteiger partial charge in [-0.1, -0.05) is 26.7 Å². The van der Waals surface area contributed by atoms with Crippen LogP contribution < -0.4 is 10.6 Å². The average Bonchev–Trinajstić information content (AvgIpc) is 2.91. The van der Waals surface area contributed by atoms with Gasteiger partial charge in [0.15, 0.2) is 5.96 Å². The Labute approximate surface area is 152 Å². The summed E-state index contributed by atoms with van der Waals surface area (Å²) in [5, 5.41) is 16.0. The van der Waals surface area contributed by atoms with E-state index in [4.69, 9.17) is 4.74 Å². The Morgan fingerprint density at radius 2 is 2.09 bits per heavy atom. The van der Waals surface area contributed by atoms with Crippen LogP contribution in [0.4, 0.5) is 0 Å². The van der Waals surface area contributed by atoms with E-state index in [-0.39, 0.29) is 36.0 Å². The zero-order chi connectivity index (χ0) is 15.6. The summed E-state index contributed by atoms with van der Waals surface area (Å²) in [5.41, 5.74) is 0.0595. The summed E-state index contributed by atoms with van der Waals surface area (Å²) >= 11 is 0. The third-order valence-corrected chi connectivity index (χ3v) is 4.18. The largest absolute Gasteiger partial charge is 0.396 e. The van der Waals surface area contributed by atoms with Crippen molar-refractivity contribution < 1.29 is 9.84 Å². The zero-order valence-electron chi connectivity index (χ0n) is 14.4. The van der Waals surface area contributed by atoms with Gasteiger partial charge < -0.3 is 20.5 Å². The van der Waals surface area contributed by atoms with E-state index in [1.807, 2.05) is 0 Å². The maximum absolute atomic E-state index is 9.23. The molecule has 0 aromatic heterocycles. The van der Waals surface area contributed by atoms with E-state index >= 15 is 0 Å². The summed E-state index contributed by atoms with van der Waals surface area (Å²) in [6.07, 6.45) is 5.50. The van der Waals surface area contributed by atoms with Crippen molar-refractivity contribution >= 4 is 29.9 Å². The third kappa shape index (κ3) is 8.53. The molecule has 0 spiro atoms. The number of aliphatic imine (C=N–C) groups is 1. The van der Waals surface area contributed by atoms with Crippen molar-refractivity contribution in [1.29, 1.82) is 0 Å². The molecule has 1 rings (SSSR count). The van der Waals surface area contributed by atoms with E-state index < -0.39 is 0 Å². The fourth-order valence-electron chi connectivity index (χ4n) is 2.69. The highest BCUT2D eigenvalue weighted by Gasteiger charge is 2.34. The highest BCUT2D eigenvalue weighted by molar-refractivity contribution is 14.0. The molecule has 1 aliphatic rings. The van der Waals surface area contributed by atoms with Gasteiger partial charge >= 0.3 is 0 Å². The number of aliphatic hydroxyl groups is 1. The number of hydrogen-bond acceptors (Lipinski definition) is 3. The molecule has 0 aromatic rings. The molecule has 132 valence electrons. The SMILES string of the molecule is CN=C(NCCCCC(C)C)NCC1(CCO)CCOC1.I. The van der Waals surface area contributed by atoms with Crippen LogP contribution in [0.1, 0.15) is 46.0 Å². The number of nitrogens with one attached hydrogen (secondary N) is 2. The van der Waals surface area contributed by atoms with E-state index in [2.05, 4.69) is 29.5 Å². The summed E-state index contributed by atoms with van der Waals surface area (Å²) < 4.78 is 5.50. The molecule has 1 aliphatic heterocycles. The van der Waals surface area contributed by atoms with Gasteiger partial charge in [-0.3, -0.25) is 4.99 Å². The third-order valence-electron chi connectivity index (χ3n) is 4.18. The van der Waals surface area contributed by atoms with Crippen molar-refractivity contribution in [3.8, 4) is 0 Å². The van der Waals surface area contributed by atoms with Gasteiger partial charge in [-0.05, 0) is 25.2 Å². The fraction of sp³-hybridized carbons (Fsp3) is 0.938. The normalized spacial score (nSPS) is 21.8. The Hall–Kier alpha value is -0.0800. The fourth-order valence-corrected chi connectivity index (χ4v) is 2.69. The van der Waals surface area contributed by atoms with E-state index in [0.717, 1.165) is 51.0 Å². The van der Waals surface area contributed by atoms with Crippen LogP contribution in [-0.2, 0) is 4.74 Å². The smallest absolute Gasteiger partial charge is 0.190 e. The first kappa shape index (κ1) is 21.9. The Balaban J connectivity index is 0.00000441. The van der Waals surface area contributed by atoms with Gasteiger partial charge in [0, 0.05) is 38.8 Å². The molecule has 0 radical (unpaired) electrons. The molecule has 0 amide bonds. The van der Waals surface area contributed by atoms with Crippen LogP contribution in [0.2, 0.25) is 0 Å². The minimum Gasteiger partial charge on any atom is -0.396 e. The summed E-state index contributed by atoms with van der Waals surface area (Å²) in [4.78, 5) is 4.26. The van der Waals surface area contributed by atoms with Gasteiger partial charge in [0.1, 0.15) is 0 Å². The number of guanidine groups is 1. The predicted octanol–water partition coefficient (Wildman–Crippen LogP) is 2.38. The lowest BCUT2D eigenvalue weighted by Crippen LogP contribution is -2.44. The maximum Gasteiger partial charge on any atom is 0.190 e. The minimum absolute atomic E-state index is 0. The highest BCUT2D eigenvalue weighted by atomic mass is 127. The summed E-state index contributed by atoms with van der Waals surface area (Å²) in [6.45, 7) is 8.02. The molecule has 0 bridgehead atoms. The number of unbranched alkanes of at least 4 members (excludes halogenated alkanes) is 1. The van der Waals surface area contributed by atoms with Crippen molar-refractivity contribution in [3.63, 3.8) is 0 Å². The first-order chi connectivity index (χ1) is 10.1. The molecule has 1 fully saturated rings. The first-order valence-electron chi connectivity index (χ1n) is 8.25. The van der Waals surface area contributed by atoms with Crippen LogP contribution in [-0.4, -0.2) is 51.0 Å². The number of rotatable bonds is 9. The lowest BCUT2D eigenvalue weighted by Gasteiger charge is -2.27. The molecular formula is C16H34IN3O2. The zero-order valence-corrected chi connectivity index (χ0v) is 16.7. The lowest BCUT2D eigenvalue weighted by molar-refractivity contribution is 0.127. The summed E-state index contributed by atoms with van der Waals surface area (Å²) in [6, 6.07) is 0. The maximum atomic E-state index is 9.23. The predicted molar refractivity (Wildman–Crippen MR) is 103 cm³/mol. The molecule has 1 heterocycles. The Bertz CT molecular complexity index is 306. The van der Waals surface area contributed by atoms with Crippen LogP contribution in [0.5, 0.6) is 0 Å². The van der Waals surface area contributed by atoms with E-state index in [1.54, 1.807) is 7.05 Å². The van der Waals surface area contributed by atoms with Gasteiger partial charge in [-0.25, -0.2) is 0 Å². The standard InChI is InChI=1S/C16H33N3O2.HI/c1-14(2)6-4-5-9-18-15(17-3)19-12-16(7-10-20)8-11-21-13-16;/h14,20H,4-13H2,1-3H3,(H2,17,18,19);1H. The molecule has 6 heteroatoms. The second-order valence-corrected chi connectivity index (χ2v) is 6.52. The molecule has 1 saturated heterocycles. The van der Waals surface area contributed by atoms with Crippen molar-refractivity contribution in [3.05, 3.63) is 0 Å². The average molecular weight is 427 g/mol. The number of hydrogen-bond donors (Lipinski definition) is 3. The lowest BCUT2D eigenvalue weighted by atomic mass is 9.84. The second kappa shape index (κ2) is 12.4. The number of nitrogens with zero attached hydrogens (tertiary/aromatic N) is 1. The first-order valence-corrected chi connectivity index (χ1v) is 8.25. The molecular weight excluding hydrogens is 393 g/mol. The molecule has 22 heavy (non-hydrogen) atoms. The van der Waals surface area contributed by atoms with Crippen molar-refractivity contribution in [1.82, 2.24) is 10.6 Å². The topological polar surface area (TPSA) is 65.9 Å². The van der Waals surface area contributed by atoms with Crippen molar-refractivity contribution in [2.75, 3.05) is 40.0 Å². The van der Waals surface area contributed by atoms with E-state index in [9.17, 15) is 5.11 Å². The number of ether oxygens (including phenoxy) is 1. The summed E-state index contributed by atoms with van der Waals surface area (Å²) in [7, 11) is 1.80. The van der Waals surface area contributed by atoms with E-state index in [1.165, 1.54) is 19.3 Å². The molecule has 0 aromatic carbocycles. The minimum atomic E-state index is 0. The Kier molecular flexibility index (Phi) is 12.3. The van der Waals surface area contributed by atoms with Gasteiger partial charge in [0.2, 0.25) is 0 Å². The monoisotopic (exact) mass is 427 g/mol. The van der Waals surface area contributed by atoms with Gasteiger partial charge in [0.25, 0.3) is 0 Å². The second-order valence-electron chi connectivity index (χ2n) is 6.52. The molecule has 5 nitrogen and oxygen atoms in total. The summed E-state index contributed by atoms with van der Waals surface area (Å²) in [5.74, 6) is 1.63. The van der Waals surface area contributed by atoms with Crippen molar-refractivity contribution in [2.45, 2.75) is 46.0 Å². The number of aliphatic hydroxyl groups excluding tert-OH is 1. The van der Waals surface area contributed by atoms with Crippen LogP contribution in [0.25, 0.3) is 0 Å². The molecule has 0 saturated carbocycles. The van der Waals surface area contributed by atoms with Crippen LogP contribution >= 0.6 is 24.0 Å². The number of halogens is 1. The van der Waals surface area contributed by atoms with Gasteiger partial charge in [-0.2, -0.15) is 0 Å². The van der Waals surface area contributed by atoms with Crippen molar-refractivity contribution in [2.24, 2.45) is 16.3 Å². The van der Waals surface area contributed by atoms with Gasteiger partial charge in [0.05, 0.1) is 6.61 Å². The Morgan fingerprint density at radius 1 is 1.32 bits per heavy atom. The highest BCUT2D eigenvalue weighted by Crippen LogP contribution is 2.31. The molecule has 1 unspecified atom stereocenters. The molecule has 0 aliphatic carbocycles. The Morgan fingerprint density at radius 3 is 2.64 bits per heavy atom. The molecule has 3 N–H and O–H groups in total. The van der Waals surface area contributed by atoms with Crippen LogP contribution in [0.15, 0.2) is 4.99 Å². The van der Waals surface area contributed by atoms with Gasteiger partial charge in [-0.15, -0.1) is 24.0 Å². The van der Waals surface area contributed by atoms with E-state index in [0.29, 0.717) is 0 Å². The quantitative estimate of drug-likeness (QED) is 0.229. The molecule has 1 atom stereocenters. The van der Waals surface area contributed by atoms with Crippen LogP contribution in [0, 0.1) is 11.3 Å². The van der Waals surface area contributed by atoms with Crippen LogP contribution in [0.3, 0.4) is 0 Å².